The van der Waals surface area contributed by atoms with Crippen LogP contribution < -0.4 is 0 Å². The fraction of sp³-hybridized carbons (Fsp3) is 1.00. The lowest BCUT2D eigenvalue weighted by Gasteiger charge is -2.38. The third kappa shape index (κ3) is 4.81. The molecule has 0 aromatic carbocycles. The molecule has 10 atom stereocenters. The second kappa shape index (κ2) is 8.65. The topological polar surface area (TPSA) is 160 Å². The van der Waals surface area contributed by atoms with E-state index in [4.69, 9.17) is 14.6 Å². The van der Waals surface area contributed by atoms with Crippen LogP contribution in [0.4, 0.5) is 0 Å². The zero-order chi connectivity index (χ0) is 17.9. The van der Waals surface area contributed by atoms with Gasteiger partial charge in [0.05, 0.1) is 24.9 Å². The van der Waals surface area contributed by atoms with Crippen molar-refractivity contribution in [1.82, 2.24) is 0 Å². The molecule has 7 unspecified atom stereocenters. The summed E-state index contributed by atoms with van der Waals surface area (Å²) in [6.45, 7) is 4.53. The Morgan fingerprint density at radius 2 is 0.913 bits per heavy atom. The van der Waals surface area contributed by atoms with Gasteiger partial charge < -0.3 is 45.2 Å². The van der Waals surface area contributed by atoms with E-state index in [0.717, 1.165) is 0 Å². The Kier molecular flexibility index (Phi) is 7.78. The summed E-state index contributed by atoms with van der Waals surface area (Å²) < 4.78 is 10.1. The van der Waals surface area contributed by atoms with Crippen LogP contribution in [0.1, 0.15) is 20.8 Å². The molecule has 2 aliphatic rings. The minimum atomic E-state index is -1.24. The standard InChI is InChI=1S/C7H14O5.C7H14O4/c1-3-5(9)7(11)6(10)4(2-8)12-3;1-3-5(8)7(10)6(9)4(2)11-3/h3-11H,2H2,1H3;3-10H,1-2H3/t3?,4?,5?,6-,7-;3?,4?,5-,6?,7?/m10/s1. The van der Waals surface area contributed by atoms with Gasteiger partial charge in [-0.25, -0.2) is 0 Å². The predicted molar refractivity (Wildman–Crippen MR) is 77.5 cm³/mol. The number of aliphatic hydroxyl groups excluding tert-OH is 7. The maximum absolute atomic E-state index is 9.23. The lowest BCUT2D eigenvalue weighted by molar-refractivity contribution is -0.224. The van der Waals surface area contributed by atoms with Gasteiger partial charge in [-0.15, -0.1) is 0 Å². The van der Waals surface area contributed by atoms with E-state index in [0.29, 0.717) is 0 Å². The van der Waals surface area contributed by atoms with E-state index in [2.05, 4.69) is 0 Å². The van der Waals surface area contributed by atoms with E-state index >= 15 is 0 Å². The Balaban J connectivity index is 0.000000231. The van der Waals surface area contributed by atoms with Gasteiger partial charge in [0.1, 0.15) is 42.7 Å². The lowest BCUT2D eigenvalue weighted by Crippen LogP contribution is -2.57. The molecule has 0 radical (unpaired) electrons. The van der Waals surface area contributed by atoms with Crippen LogP contribution in [-0.4, -0.2) is 103 Å². The number of rotatable bonds is 1. The maximum atomic E-state index is 9.23. The molecule has 23 heavy (non-hydrogen) atoms. The van der Waals surface area contributed by atoms with E-state index in [1.165, 1.54) is 0 Å². The van der Waals surface area contributed by atoms with Crippen molar-refractivity contribution in [3.8, 4) is 0 Å². The third-order valence-corrected chi connectivity index (χ3v) is 4.22. The average molecular weight is 340 g/mol. The van der Waals surface area contributed by atoms with Crippen LogP contribution in [0.2, 0.25) is 0 Å². The summed E-state index contributed by atoms with van der Waals surface area (Å²) in [6.07, 6.45) is -8.82. The molecule has 2 heterocycles. The van der Waals surface area contributed by atoms with Crippen molar-refractivity contribution in [3.05, 3.63) is 0 Å². The Morgan fingerprint density at radius 3 is 1.30 bits per heavy atom. The van der Waals surface area contributed by atoms with Gasteiger partial charge >= 0.3 is 0 Å². The van der Waals surface area contributed by atoms with Gasteiger partial charge in [0.2, 0.25) is 0 Å². The first-order chi connectivity index (χ1) is 10.6. The molecule has 0 aromatic heterocycles. The van der Waals surface area contributed by atoms with Crippen LogP contribution in [0.3, 0.4) is 0 Å². The van der Waals surface area contributed by atoms with Crippen LogP contribution in [0.5, 0.6) is 0 Å². The Labute approximate surface area is 134 Å². The molecule has 9 nitrogen and oxygen atoms in total. The second-order valence-corrected chi connectivity index (χ2v) is 6.05. The van der Waals surface area contributed by atoms with Crippen LogP contribution in [0.15, 0.2) is 0 Å². The average Bonchev–Trinajstić information content (AvgIpc) is 2.53. The smallest absolute Gasteiger partial charge is 0.111 e. The molecule has 2 saturated heterocycles. The predicted octanol–water partition coefficient (Wildman–Crippen LogP) is -3.27. The first kappa shape index (κ1) is 20.7. The molecule has 138 valence electrons. The SMILES string of the molecule is CC1OC(C)[C@H](O)C(O)C1O.CC1OC(CO)[C@@H](O)[C@H](O)C1O. The number of hydrogen-bond acceptors (Lipinski definition) is 9. The van der Waals surface area contributed by atoms with Gasteiger partial charge in [-0.3, -0.25) is 0 Å². The molecule has 2 aliphatic heterocycles. The largest absolute Gasteiger partial charge is 0.394 e. The molecule has 0 spiro atoms. The third-order valence-electron chi connectivity index (χ3n) is 4.22. The first-order valence-corrected chi connectivity index (χ1v) is 7.62. The van der Waals surface area contributed by atoms with Crippen LogP contribution in [0, 0.1) is 0 Å². The number of hydrogen-bond donors (Lipinski definition) is 7. The van der Waals surface area contributed by atoms with Crippen LogP contribution in [0.25, 0.3) is 0 Å². The van der Waals surface area contributed by atoms with E-state index in [1.807, 2.05) is 0 Å². The van der Waals surface area contributed by atoms with Gasteiger partial charge in [-0.2, -0.15) is 0 Å². The van der Waals surface area contributed by atoms with Crippen LogP contribution >= 0.6 is 0 Å². The highest BCUT2D eigenvalue weighted by Crippen LogP contribution is 2.21. The molecular formula is C14H28O9. The van der Waals surface area contributed by atoms with Crippen molar-refractivity contribution < 1.29 is 45.2 Å². The van der Waals surface area contributed by atoms with Crippen molar-refractivity contribution in [1.29, 1.82) is 0 Å². The summed E-state index contributed by atoms with van der Waals surface area (Å²) in [5.41, 5.74) is 0. The molecule has 0 aromatic rings. The second-order valence-electron chi connectivity index (χ2n) is 6.05. The number of ether oxygens (including phenoxy) is 2. The first-order valence-electron chi connectivity index (χ1n) is 7.62. The van der Waals surface area contributed by atoms with Gasteiger partial charge in [-0.1, -0.05) is 0 Å². The van der Waals surface area contributed by atoms with Crippen molar-refractivity contribution in [2.24, 2.45) is 0 Å². The van der Waals surface area contributed by atoms with E-state index in [-0.39, 0.29) is 6.61 Å². The van der Waals surface area contributed by atoms with E-state index in [1.54, 1.807) is 20.8 Å². The molecule has 0 amide bonds. The summed E-state index contributed by atoms with van der Waals surface area (Å²) in [5.74, 6) is 0. The molecule has 0 saturated carbocycles. The quantitative estimate of drug-likeness (QED) is 0.260. The monoisotopic (exact) mass is 340 g/mol. The van der Waals surface area contributed by atoms with Crippen molar-refractivity contribution in [3.63, 3.8) is 0 Å². The van der Waals surface area contributed by atoms with Gasteiger partial charge in [0.15, 0.2) is 0 Å². The normalized spacial score (nSPS) is 50.9. The van der Waals surface area contributed by atoms with Crippen molar-refractivity contribution in [2.75, 3.05) is 6.61 Å². The zero-order valence-corrected chi connectivity index (χ0v) is 13.4. The van der Waals surface area contributed by atoms with Crippen LogP contribution in [-0.2, 0) is 9.47 Å². The minimum absolute atomic E-state index is 0.366. The molecule has 9 heteroatoms. The Morgan fingerprint density at radius 1 is 0.565 bits per heavy atom. The fourth-order valence-corrected chi connectivity index (χ4v) is 2.54. The molecule has 2 fully saturated rings. The highest BCUT2D eigenvalue weighted by Gasteiger charge is 2.41. The maximum Gasteiger partial charge on any atom is 0.111 e. The van der Waals surface area contributed by atoms with E-state index < -0.39 is 61.0 Å². The van der Waals surface area contributed by atoms with Crippen molar-refractivity contribution >= 4 is 0 Å². The summed E-state index contributed by atoms with van der Waals surface area (Å²) in [4.78, 5) is 0. The summed E-state index contributed by atoms with van der Waals surface area (Å²) in [6, 6.07) is 0. The van der Waals surface area contributed by atoms with E-state index in [9.17, 15) is 30.6 Å². The number of aliphatic hydroxyl groups is 7. The Bertz CT molecular complexity index is 336. The fourth-order valence-electron chi connectivity index (χ4n) is 2.54. The molecule has 0 aliphatic carbocycles. The molecule has 0 bridgehead atoms. The molecular weight excluding hydrogens is 312 g/mol. The summed E-state index contributed by atoms with van der Waals surface area (Å²) >= 11 is 0. The van der Waals surface area contributed by atoms with Gasteiger partial charge in [-0.05, 0) is 20.8 Å². The Hall–Kier alpha value is -0.360. The van der Waals surface area contributed by atoms with Gasteiger partial charge in [0.25, 0.3) is 0 Å². The molecule has 2 rings (SSSR count). The highest BCUT2D eigenvalue weighted by atomic mass is 16.5. The summed E-state index contributed by atoms with van der Waals surface area (Å²) in [5, 5.41) is 64.0. The highest BCUT2D eigenvalue weighted by molar-refractivity contribution is 4.90. The molecule has 7 N–H and O–H groups in total. The summed E-state index contributed by atoms with van der Waals surface area (Å²) in [7, 11) is 0. The minimum Gasteiger partial charge on any atom is -0.394 e. The van der Waals surface area contributed by atoms with Gasteiger partial charge in [0, 0.05) is 0 Å². The lowest BCUT2D eigenvalue weighted by atomic mass is 9.96. The zero-order valence-electron chi connectivity index (χ0n) is 13.4. The van der Waals surface area contributed by atoms with Crippen molar-refractivity contribution in [2.45, 2.75) is 81.8 Å².